The fourth-order valence-electron chi connectivity index (χ4n) is 1.50. The zero-order valence-electron chi connectivity index (χ0n) is 15.3. The minimum absolute atomic E-state index is 0. The van der Waals surface area contributed by atoms with Gasteiger partial charge in [-0.1, -0.05) is 87.9 Å². The summed E-state index contributed by atoms with van der Waals surface area (Å²) in [5, 5.41) is 0. The van der Waals surface area contributed by atoms with Gasteiger partial charge >= 0.3 is 0 Å². The molecule has 0 aliphatic rings. The molecule has 1 aromatic rings. The summed E-state index contributed by atoms with van der Waals surface area (Å²) in [5.41, 5.74) is 2.94. The lowest BCUT2D eigenvalue weighted by Gasteiger charge is -2.26. The Bertz CT molecular complexity index is 282. The van der Waals surface area contributed by atoms with Crippen LogP contribution in [0.2, 0.25) is 0 Å². The maximum Gasteiger partial charge on any atom is 0.0398 e. The van der Waals surface area contributed by atoms with Crippen LogP contribution in [0.1, 0.15) is 75.3 Å². The number of hydrogen-bond donors (Lipinski definition) is 0. The van der Waals surface area contributed by atoms with E-state index in [0.29, 0.717) is 0 Å². The molecule has 122 valence electrons. The Kier molecular flexibility index (Phi) is 22.0. The molecule has 0 saturated heterocycles. The molecular weight excluding hydrogens is 242 g/mol. The van der Waals surface area contributed by atoms with Gasteiger partial charge in [-0.05, 0) is 17.0 Å². The molecule has 0 atom stereocenters. The summed E-state index contributed by atoms with van der Waals surface area (Å²) in [4.78, 5) is 2.17. The van der Waals surface area contributed by atoms with Crippen LogP contribution in [0.4, 0.5) is 5.69 Å². The van der Waals surface area contributed by atoms with Crippen molar-refractivity contribution in [3.63, 3.8) is 0 Å². The van der Waals surface area contributed by atoms with Gasteiger partial charge in [0, 0.05) is 19.8 Å². The maximum atomic E-state index is 2.25. The first-order valence-electron chi connectivity index (χ1n) is 7.70. The van der Waals surface area contributed by atoms with Crippen LogP contribution in [0.3, 0.4) is 0 Å². The SMILES string of the molecule is C.CC.CC.CC.CN(C)c1ccccc1C(C)(C)C. The first-order chi connectivity index (χ1) is 8.93. The van der Waals surface area contributed by atoms with E-state index in [1.165, 1.54) is 11.3 Å². The third-order valence-corrected chi connectivity index (χ3v) is 2.19. The Hall–Kier alpha value is -0.980. The Morgan fingerprint density at radius 2 is 1.10 bits per heavy atom. The molecule has 1 aromatic carbocycles. The van der Waals surface area contributed by atoms with Gasteiger partial charge in [0.1, 0.15) is 0 Å². The van der Waals surface area contributed by atoms with Crippen molar-refractivity contribution >= 4 is 5.69 Å². The van der Waals surface area contributed by atoms with E-state index in [0.717, 1.165) is 0 Å². The van der Waals surface area contributed by atoms with Crippen LogP contribution in [0.25, 0.3) is 0 Å². The van der Waals surface area contributed by atoms with Crippen LogP contribution in [-0.2, 0) is 5.41 Å². The van der Waals surface area contributed by atoms with Crippen molar-refractivity contribution in [2.45, 2.75) is 75.2 Å². The van der Waals surface area contributed by atoms with Gasteiger partial charge in [0.15, 0.2) is 0 Å². The second-order valence-corrected chi connectivity index (χ2v) is 4.66. The van der Waals surface area contributed by atoms with Crippen LogP contribution in [0.15, 0.2) is 24.3 Å². The van der Waals surface area contributed by atoms with Crippen LogP contribution < -0.4 is 4.90 Å². The fraction of sp³-hybridized carbons (Fsp3) is 0.684. The van der Waals surface area contributed by atoms with E-state index in [1.807, 2.05) is 41.5 Å². The standard InChI is InChI=1S/C12H19N.3C2H6.CH4/c1-12(2,3)10-8-6-7-9-11(10)13(4)5;3*1-2;/h6-9H,1-5H3;3*1-2H3;1H4. The molecule has 0 aliphatic carbocycles. The lowest BCUT2D eigenvalue weighted by atomic mass is 9.85. The fourth-order valence-corrected chi connectivity index (χ4v) is 1.50. The molecule has 0 unspecified atom stereocenters. The predicted octanol–water partition coefficient (Wildman–Crippen LogP) is 6.76. The van der Waals surface area contributed by atoms with Crippen molar-refractivity contribution in [3.8, 4) is 0 Å². The van der Waals surface area contributed by atoms with Gasteiger partial charge in [0.25, 0.3) is 0 Å². The van der Waals surface area contributed by atoms with Crippen molar-refractivity contribution in [2.24, 2.45) is 0 Å². The smallest absolute Gasteiger partial charge is 0.0398 e. The highest BCUT2D eigenvalue weighted by Crippen LogP contribution is 2.30. The normalized spacial score (nSPS) is 8.35. The largest absolute Gasteiger partial charge is 0.377 e. The topological polar surface area (TPSA) is 3.24 Å². The minimum Gasteiger partial charge on any atom is -0.377 e. The molecule has 0 amide bonds. The molecule has 1 rings (SSSR count). The summed E-state index contributed by atoms with van der Waals surface area (Å²) in [7, 11) is 4.18. The van der Waals surface area contributed by atoms with E-state index in [9.17, 15) is 0 Å². The first-order valence-corrected chi connectivity index (χ1v) is 7.70. The zero-order valence-corrected chi connectivity index (χ0v) is 15.3. The number of rotatable bonds is 1. The molecule has 0 bridgehead atoms. The molecule has 0 saturated carbocycles. The highest BCUT2D eigenvalue weighted by atomic mass is 15.1. The summed E-state index contributed by atoms with van der Waals surface area (Å²) < 4.78 is 0. The molecule has 0 heterocycles. The highest BCUT2D eigenvalue weighted by Gasteiger charge is 2.17. The molecule has 0 N–H and O–H groups in total. The Morgan fingerprint density at radius 1 is 0.750 bits per heavy atom. The quantitative estimate of drug-likeness (QED) is 0.550. The lowest BCUT2D eigenvalue weighted by Crippen LogP contribution is -2.18. The van der Waals surface area contributed by atoms with E-state index in [2.05, 4.69) is 64.0 Å². The Labute approximate surface area is 130 Å². The van der Waals surface area contributed by atoms with Crippen molar-refractivity contribution < 1.29 is 0 Å². The van der Waals surface area contributed by atoms with Crippen LogP contribution in [-0.4, -0.2) is 14.1 Å². The summed E-state index contributed by atoms with van der Waals surface area (Å²) in [6, 6.07) is 8.56. The molecule has 20 heavy (non-hydrogen) atoms. The second kappa shape index (κ2) is 16.1. The molecule has 0 fully saturated rings. The third kappa shape index (κ3) is 10.9. The van der Waals surface area contributed by atoms with E-state index in [4.69, 9.17) is 0 Å². The number of para-hydroxylation sites is 1. The van der Waals surface area contributed by atoms with Gasteiger partial charge in [-0.2, -0.15) is 0 Å². The predicted molar refractivity (Wildman–Crippen MR) is 100 cm³/mol. The van der Waals surface area contributed by atoms with Gasteiger partial charge in [0.2, 0.25) is 0 Å². The average molecular weight is 284 g/mol. The van der Waals surface area contributed by atoms with Gasteiger partial charge in [0.05, 0.1) is 0 Å². The maximum absolute atomic E-state index is 2.25. The van der Waals surface area contributed by atoms with Crippen molar-refractivity contribution in [1.29, 1.82) is 0 Å². The monoisotopic (exact) mass is 283 g/mol. The molecule has 0 aliphatic heterocycles. The second-order valence-electron chi connectivity index (χ2n) is 4.66. The molecule has 1 nitrogen and oxygen atoms in total. The Morgan fingerprint density at radius 3 is 1.35 bits per heavy atom. The first kappa shape index (κ1) is 27.4. The minimum atomic E-state index is 0. The number of anilines is 1. The van der Waals surface area contributed by atoms with Crippen molar-refractivity contribution in [2.75, 3.05) is 19.0 Å². The van der Waals surface area contributed by atoms with E-state index >= 15 is 0 Å². The van der Waals surface area contributed by atoms with Crippen LogP contribution >= 0.6 is 0 Å². The zero-order chi connectivity index (χ0) is 16.1. The van der Waals surface area contributed by atoms with Crippen molar-refractivity contribution in [3.05, 3.63) is 29.8 Å². The summed E-state index contributed by atoms with van der Waals surface area (Å²) in [5.74, 6) is 0. The lowest BCUT2D eigenvalue weighted by molar-refractivity contribution is 0.590. The molecular formula is C19H41N. The van der Waals surface area contributed by atoms with Gasteiger partial charge in [-0.15, -0.1) is 0 Å². The number of benzene rings is 1. The molecule has 0 spiro atoms. The van der Waals surface area contributed by atoms with E-state index < -0.39 is 0 Å². The van der Waals surface area contributed by atoms with Gasteiger partial charge in [-0.25, -0.2) is 0 Å². The Balaban J connectivity index is -0.000000162. The summed E-state index contributed by atoms with van der Waals surface area (Å²) >= 11 is 0. The van der Waals surface area contributed by atoms with Crippen LogP contribution in [0.5, 0.6) is 0 Å². The summed E-state index contributed by atoms with van der Waals surface area (Å²) in [6.45, 7) is 18.7. The van der Waals surface area contributed by atoms with E-state index in [1.54, 1.807) is 0 Å². The number of hydrogen-bond acceptors (Lipinski definition) is 1. The highest BCUT2D eigenvalue weighted by molar-refractivity contribution is 5.55. The average Bonchev–Trinajstić information content (AvgIpc) is 2.44. The molecule has 1 heteroatoms. The molecule has 0 aromatic heterocycles. The van der Waals surface area contributed by atoms with Crippen LogP contribution in [0, 0.1) is 0 Å². The third-order valence-electron chi connectivity index (χ3n) is 2.19. The van der Waals surface area contributed by atoms with Crippen molar-refractivity contribution in [1.82, 2.24) is 0 Å². The van der Waals surface area contributed by atoms with E-state index in [-0.39, 0.29) is 12.8 Å². The van der Waals surface area contributed by atoms with Gasteiger partial charge in [-0.3, -0.25) is 0 Å². The summed E-state index contributed by atoms with van der Waals surface area (Å²) in [6.07, 6.45) is 0. The number of nitrogens with zero attached hydrogens (tertiary/aromatic N) is 1. The van der Waals surface area contributed by atoms with Gasteiger partial charge < -0.3 is 4.90 Å². The molecule has 0 radical (unpaired) electrons.